The summed E-state index contributed by atoms with van der Waals surface area (Å²) >= 11 is 0. The van der Waals surface area contributed by atoms with E-state index in [-0.39, 0.29) is 15.8 Å². The third kappa shape index (κ3) is 3.65. The first-order chi connectivity index (χ1) is 15.4. The molecule has 8 heteroatoms. The second-order valence-electron chi connectivity index (χ2n) is 8.01. The molecule has 0 unspecified atom stereocenters. The number of carbonyl (C=O) groups is 1. The molecule has 1 N–H and O–H groups in total. The van der Waals surface area contributed by atoms with Gasteiger partial charge in [0.25, 0.3) is 0 Å². The molecular formula is C24H22N2O5S. The van der Waals surface area contributed by atoms with E-state index in [1.54, 1.807) is 6.07 Å². The fourth-order valence-electron chi connectivity index (χ4n) is 4.21. The molecule has 7 nitrogen and oxygen atoms in total. The minimum absolute atomic E-state index is 0.0154. The molecule has 0 radical (unpaired) electrons. The lowest BCUT2D eigenvalue weighted by Crippen LogP contribution is -2.31. The van der Waals surface area contributed by atoms with Crippen LogP contribution >= 0.6 is 0 Å². The molecule has 5 rings (SSSR count). The van der Waals surface area contributed by atoms with Crippen LogP contribution in [0.25, 0.3) is 33.3 Å². The Balaban J connectivity index is 1.62. The molecule has 0 spiro atoms. The van der Waals surface area contributed by atoms with Crippen LogP contribution < -0.4 is 0 Å². The number of carboxylic acid groups (broad SMARTS) is 1. The number of hydrogen-bond acceptors (Lipinski definition) is 5. The topological polar surface area (TPSA) is 101 Å². The smallest absolute Gasteiger partial charge is 0.336 e. The lowest BCUT2D eigenvalue weighted by atomic mass is 10.1. The van der Waals surface area contributed by atoms with Crippen molar-refractivity contribution in [3.05, 3.63) is 60.2 Å². The number of benzene rings is 2. The fourth-order valence-corrected chi connectivity index (χ4v) is 5.75. The average Bonchev–Trinajstić information content (AvgIpc) is 3.03. The molecule has 3 heterocycles. The van der Waals surface area contributed by atoms with E-state index in [1.165, 1.54) is 22.5 Å². The number of aromatic nitrogens is 1. The summed E-state index contributed by atoms with van der Waals surface area (Å²) in [6.07, 6.45) is 3.69. The molecule has 0 aliphatic carbocycles. The second kappa shape index (κ2) is 8.03. The van der Waals surface area contributed by atoms with Crippen molar-refractivity contribution < 1.29 is 22.7 Å². The van der Waals surface area contributed by atoms with Gasteiger partial charge in [-0.25, -0.2) is 18.2 Å². The Morgan fingerprint density at radius 1 is 0.969 bits per heavy atom. The van der Waals surface area contributed by atoms with Crippen molar-refractivity contribution in [3.8, 4) is 11.5 Å². The standard InChI is InChI=1S/C24H22N2O5S/c27-24(28)19-15-21(23-13-16-7-3-4-8-22(16)31-23)25-20-10-9-17(14-18(19)20)32(29,30)26-11-5-1-2-6-12-26/h3-4,7-10,13-15H,1-2,5-6,11-12H2,(H,27,28). The summed E-state index contributed by atoms with van der Waals surface area (Å²) in [6.45, 7) is 0.963. The Morgan fingerprint density at radius 2 is 1.72 bits per heavy atom. The summed E-state index contributed by atoms with van der Waals surface area (Å²) < 4.78 is 33.7. The molecule has 1 saturated heterocycles. The van der Waals surface area contributed by atoms with E-state index in [0.717, 1.165) is 31.1 Å². The zero-order chi connectivity index (χ0) is 22.3. The largest absolute Gasteiger partial charge is 0.478 e. The molecule has 164 valence electrons. The van der Waals surface area contributed by atoms with E-state index < -0.39 is 16.0 Å². The molecule has 2 aromatic carbocycles. The maximum Gasteiger partial charge on any atom is 0.336 e. The van der Waals surface area contributed by atoms with Crippen LogP contribution in [0.1, 0.15) is 36.0 Å². The molecule has 32 heavy (non-hydrogen) atoms. The van der Waals surface area contributed by atoms with Crippen LogP contribution in [0.3, 0.4) is 0 Å². The maximum atomic E-state index is 13.2. The molecular weight excluding hydrogens is 428 g/mol. The van der Waals surface area contributed by atoms with Crippen molar-refractivity contribution in [2.75, 3.05) is 13.1 Å². The average molecular weight is 451 g/mol. The summed E-state index contributed by atoms with van der Waals surface area (Å²) in [4.78, 5) is 16.7. The first-order valence-corrected chi connectivity index (χ1v) is 12.0. The van der Waals surface area contributed by atoms with Crippen LogP contribution in [-0.2, 0) is 10.0 Å². The summed E-state index contributed by atoms with van der Waals surface area (Å²) in [5.74, 6) is -0.698. The van der Waals surface area contributed by atoms with Crippen molar-refractivity contribution in [1.29, 1.82) is 0 Å². The molecule has 1 aliphatic rings. The van der Waals surface area contributed by atoms with E-state index in [0.29, 0.717) is 35.6 Å². The minimum atomic E-state index is -3.70. The van der Waals surface area contributed by atoms with Gasteiger partial charge in [-0.3, -0.25) is 0 Å². The SMILES string of the molecule is O=C(O)c1cc(-c2cc3ccccc3o2)nc2ccc(S(=O)(=O)N3CCCCCC3)cc12. The lowest BCUT2D eigenvalue weighted by Gasteiger charge is -2.20. The van der Waals surface area contributed by atoms with Gasteiger partial charge in [0.2, 0.25) is 10.0 Å². The molecule has 0 atom stereocenters. The maximum absolute atomic E-state index is 13.2. The molecule has 1 fully saturated rings. The normalized spacial score (nSPS) is 15.8. The molecule has 0 bridgehead atoms. The van der Waals surface area contributed by atoms with Crippen molar-refractivity contribution in [2.45, 2.75) is 30.6 Å². The van der Waals surface area contributed by atoms with Gasteiger partial charge < -0.3 is 9.52 Å². The Labute approximate surface area is 185 Å². The monoisotopic (exact) mass is 450 g/mol. The first kappa shape index (κ1) is 20.7. The van der Waals surface area contributed by atoms with Gasteiger partial charge in [-0.2, -0.15) is 4.31 Å². The number of furan rings is 1. The molecule has 1 aliphatic heterocycles. The van der Waals surface area contributed by atoms with Gasteiger partial charge in [-0.15, -0.1) is 0 Å². The highest BCUT2D eigenvalue weighted by Gasteiger charge is 2.26. The summed E-state index contributed by atoms with van der Waals surface area (Å²) in [5, 5.41) is 11.0. The number of carboxylic acids is 1. The number of para-hydroxylation sites is 1. The predicted octanol–water partition coefficient (Wildman–Crippen LogP) is 4.91. The minimum Gasteiger partial charge on any atom is -0.478 e. The van der Waals surface area contributed by atoms with Gasteiger partial charge in [0.05, 0.1) is 16.0 Å². The van der Waals surface area contributed by atoms with Gasteiger partial charge in [-0.05, 0) is 49.2 Å². The number of rotatable bonds is 4. The summed E-state index contributed by atoms with van der Waals surface area (Å²) in [7, 11) is -3.70. The van der Waals surface area contributed by atoms with E-state index in [4.69, 9.17) is 4.42 Å². The van der Waals surface area contributed by atoms with Crippen molar-refractivity contribution in [3.63, 3.8) is 0 Å². The zero-order valence-electron chi connectivity index (χ0n) is 17.3. The van der Waals surface area contributed by atoms with E-state index in [2.05, 4.69) is 4.98 Å². The van der Waals surface area contributed by atoms with Crippen molar-refractivity contribution in [2.24, 2.45) is 0 Å². The van der Waals surface area contributed by atoms with Crippen LogP contribution in [0.15, 0.2) is 63.9 Å². The van der Waals surface area contributed by atoms with E-state index >= 15 is 0 Å². The zero-order valence-corrected chi connectivity index (χ0v) is 18.1. The molecule has 0 amide bonds. The Kier molecular flexibility index (Phi) is 5.19. The highest BCUT2D eigenvalue weighted by atomic mass is 32.2. The number of pyridine rings is 1. The van der Waals surface area contributed by atoms with Crippen molar-refractivity contribution >= 4 is 37.9 Å². The molecule has 2 aromatic heterocycles. The number of fused-ring (bicyclic) bond motifs is 2. The lowest BCUT2D eigenvalue weighted by molar-refractivity contribution is 0.0699. The Hall–Kier alpha value is -3.23. The Bertz CT molecular complexity index is 1400. The third-order valence-corrected chi connectivity index (χ3v) is 7.79. The third-order valence-electron chi connectivity index (χ3n) is 5.89. The second-order valence-corrected chi connectivity index (χ2v) is 9.94. The number of hydrogen-bond donors (Lipinski definition) is 1. The van der Waals surface area contributed by atoms with Crippen LogP contribution in [0.5, 0.6) is 0 Å². The number of aromatic carboxylic acids is 1. The quantitative estimate of drug-likeness (QED) is 0.474. The number of nitrogens with zero attached hydrogens (tertiary/aromatic N) is 2. The van der Waals surface area contributed by atoms with Crippen LogP contribution in [0, 0.1) is 0 Å². The molecule has 0 saturated carbocycles. The molecule has 4 aromatic rings. The highest BCUT2D eigenvalue weighted by Crippen LogP contribution is 2.31. The highest BCUT2D eigenvalue weighted by molar-refractivity contribution is 7.89. The van der Waals surface area contributed by atoms with Crippen LogP contribution in [0.2, 0.25) is 0 Å². The Morgan fingerprint density at radius 3 is 2.44 bits per heavy atom. The van der Waals surface area contributed by atoms with Gasteiger partial charge >= 0.3 is 5.97 Å². The predicted molar refractivity (Wildman–Crippen MR) is 121 cm³/mol. The van der Waals surface area contributed by atoms with Gasteiger partial charge in [0, 0.05) is 23.9 Å². The van der Waals surface area contributed by atoms with Crippen molar-refractivity contribution in [1.82, 2.24) is 9.29 Å². The number of sulfonamides is 1. The van der Waals surface area contributed by atoms with E-state index in [9.17, 15) is 18.3 Å². The first-order valence-electron chi connectivity index (χ1n) is 10.6. The van der Waals surface area contributed by atoms with Gasteiger partial charge in [0.1, 0.15) is 11.3 Å². The summed E-state index contributed by atoms with van der Waals surface area (Å²) in [5.41, 5.74) is 1.45. The summed E-state index contributed by atoms with van der Waals surface area (Å²) in [6, 6.07) is 15.2. The fraction of sp³-hybridized carbons (Fsp3) is 0.250. The van der Waals surface area contributed by atoms with Crippen LogP contribution in [-0.4, -0.2) is 41.9 Å². The van der Waals surface area contributed by atoms with Gasteiger partial charge in [0.15, 0.2) is 5.76 Å². The van der Waals surface area contributed by atoms with Gasteiger partial charge in [-0.1, -0.05) is 31.0 Å². The van der Waals surface area contributed by atoms with E-state index in [1.807, 2.05) is 30.3 Å². The van der Waals surface area contributed by atoms with Crippen LogP contribution in [0.4, 0.5) is 0 Å².